The maximum atomic E-state index is 12.4. The van der Waals surface area contributed by atoms with Crippen LogP contribution in [-0.2, 0) is 19.3 Å². The Morgan fingerprint density at radius 1 is 1.04 bits per heavy atom. The first-order valence-corrected chi connectivity index (χ1v) is 7.41. The number of ether oxygens (including phenoxy) is 1. The summed E-state index contributed by atoms with van der Waals surface area (Å²) in [5, 5.41) is 8.78. The molecular weight excluding hydrogens is 300 g/mol. The van der Waals surface area contributed by atoms with Crippen molar-refractivity contribution in [2.75, 3.05) is 13.2 Å². The molecule has 6 heteroatoms. The second-order valence-corrected chi connectivity index (χ2v) is 6.34. The van der Waals surface area contributed by atoms with E-state index in [-0.39, 0.29) is 25.4 Å². The zero-order valence-corrected chi connectivity index (χ0v) is 14.0. The highest BCUT2D eigenvalue weighted by atomic mass is 17.2. The van der Waals surface area contributed by atoms with E-state index in [4.69, 9.17) is 19.6 Å². The average Bonchev–Trinajstić information content (AvgIpc) is 2.50. The van der Waals surface area contributed by atoms with Crippen molar-refractivity contribution < 1.29 is 29.2 Å². The van der Waals surface area contributed by atoms with E-state index in [0.29, 0.717) is 5.56 Å². The minimum atomic E-state index is -1.60. The Morgan fingerprint density at radius 2 is 1.65 bits per heavy atom. The highest BCUT2D eigenvalue weighted by molar-refractivity contribution is 5.99. The molecule has 0 amide bonds. The second kappa shape index (κ2) is 8.19. The maximum absolute atomic E-state index is 12.4. The Morgan fingerprint density at radius 3 is 2.17 bits per heavy atom. The van der Waals surface area contributed by atoms with Crippen LogP contribution < -0.4 is 0 Å². The van der Waals surface area contributed by atoms with E-state index in [0.717, 1.165) is 0 Å². The molecule has 1 atom stereocenters. The number of benzene rings is 1. The van der Waals surface area contributed by atoms with Crippen LogP contribution in [0.5, 0.6) is 0 Å². The molecule has 23 heavy (non-hydrogen) atoms. The van der Waals surface area contributed by atoms with Crippen molar-refractivity contribution in [2.45, 2.75) is 45.3 Å². The molecule has 0 aromatic heterocycles. The van der Waals surface area contributed by atoms with Crippen molar-refractivity contribution in [3.05, 3.63) is 35.9 Å². The molecular formula is C17H24O6. The molecule has 0 radical (unpaired) electrons. The molecule has 0 fully saturated rings. The third-order valence-electron chi connectivity index (χ3n) is 2.83. The molecule has 1 N–H and O–H groups in total. The SMILES string of the molecule is CC(C)(C)OOC(C)(CC(=O)c1ccccc1)C(=O)OCCO. The summed E-state index contributed by atoms with van der Waals surface area (Å²) in [6.07, 6.45) is -0.239. The van der Waals surface area contributed by atoms with Crippen LogP contribution in [0.15, 0.2) is 30.3 Å². The number of carbonyl (C=O) groups is 2. The largest absolute Gasteiger partial charge is 0.461 e. The van der Waals surface area contributed by atoms with Crippen LogP contribution in [-0.4, -0.2) is 41.3 Å². The number of rotatable bonds is 8. The van der Waals surface area contributed by atoms with Gasteiger partial charge in [-0.3, -0.25) is 4.79 Å². The fourth-order valence-electron chi connectivity index (χ4n) is 1.68. The summed E-state index contributed by atoms with van der Waals surface area (Å²) in [4.78, 5) is 35.1. The molecule has 0 bridgehead atoms. The second-order valence-electron chi connectivity index (χ2n) is 6.34. The van der Waals surface area contributed by atoms with E-state index in [1.165, 1.54) is 6.92 Å². The first-order chi connectivity index (χ1) is 10.7. The van der Waals surface area contributed by atoms with Crippen molar-refractivity contribution in [1.29, 1.82) is 0 Å². The highest BCUT2D eigenvalue weighted by Gasteiger charge is 2.41. The third-order valence-corrected chi connectivity index (χ3v) is 2.83. The Balaban J connectivity index is 2.89. The van der Waals surface area contributed by atoms with Gasteiger partial charge in [0.15, 0.2) is 5.78 Å². The maximum Gasteiger partial charge on any atom is 0.342 e. The standard InChI is InChI=1S/C17H24O6/c1-16(2,3)22-23-17(4,15(20)21-11-10-18)12-14(19)13-8-6-5-7-9-13/h5-9,18H,10-12H2,1-4H3. The van der Waals surface area contributed by atoms with Gasteiger partial charge in [0.1, 0.15) is 6.61 Å². The topological polar surface area (TPSA) is 82.1 Å². The highest BCUT2D eigenvalue weighted by Crippen LogP contribution is 2.24. The van der Waals surface area contributed by atoms with Crippen LogP contribution in [0, 0.1) is 0 Å². The lowest BCUT2D eigenvalue weighted by Gasteiger charge is -2.29. The van der Waals surface area contributed by atoms with Gasteiger partial charge in [-0.1, -0.05) is 30.3 Å². The molecule has 0 saturated carbocycles. The molecule has 1 aromatic carbocycles. The van der Waals surface area contributed by atoms with E-state index in [1.54, 1.807) is 51.1 Å². The number of aliphatic hydroxyl groups is 1. The lowest BCUT2D eigenvalue weighted by atomic mass is 9.95. The molecule has 0 aliphatic carbocycles. The van der Waals surface area contributed by atoms with E-state index >= 15 is 0 Å². The molecule has 1 aromatic rings. The average molecular weight is 324 g/mol. The third kappa shape index (κ3) is 6.48. The normalized spacial score (nSPS) is 14.1. The van der Waals surface area contributed by atoms with Crippen LogP contribution in [0.2, 0.25) is 0 Å². The van der Waals surface area contributed by atoms with E-state index in [2.05, 4.69) is 0 Å². The number of Topliss-reactive ketones (excluding diaryl/α,β-unsaturated/α-hetero) is 1. The fraction of sp³-hybridized carbons (Fsp3) is 0.529. The first kappa shape index (κ1) is 19.3. The smallest absolute Gasteiger partial charge is 0.342 e. The molecule has 1 rings (SSSR count). The molecule has 0 aliphatic heterocycles. The molecule has 0 spiro atoms. The number of aliphatic hydroxyl groups excluding tert-OH is 1. The number of ketones is 1. The molecule has 0 heterocycles. The van der Waals surface area contributed by atoms with Gasteiger partial charge in [-0.15, -0.1) is 0 Å². The van der Waals surface area contributed by atoms with Crippen molar-refractivity contribution in [1.82, 2.24) is 0 Å². The summed E-state index contributed by atoms with van der Waals surface area (Å²) in [7, 11) is 0. The molecule has 1 unspecified atom stereocenters. The Labute approximate surface area is 136 Å². The Bertz CT molecular complexity index is 520. The summed E-state index contributed by atoms with van der Waals surface area (Å²) in [6.45, 7) is 6.21. The minimum absolute atomic E-state index is 0.174. The van der Waals surface area contributed by atoms with Gasteiger partial charge in [0.2, 0.25) is 5.60 Å². The summed E-state index contributed by atoms with van der Waals surface area (Å²) in [6, 6.07) is 8.59. The van der Waals surface area contributed by atoms with Crippen LogP contribution in [0.3, 0.4) is 0 Å². The summed E-state index contributed by atoms with van der Waals surface area (Å²) < 4.78 is 4.91. The minimum Gasteiger partial charge on any atom is -0.461 e. The van der Waals surface area contributed by atoms with Gasteiger partial charge in [0.05, 0.1) is 18.6 Å². The van der Waals surface area contributed by atoms with E-state index in [9.17, 15) is 9.59 Å². The fourth-order valence-corrected chi connectivity index (χ4v) is 1.68. The van der Waals surface area contributed by atoms with Gasteiger partial charge in [0.25, 0.3) is 0 Å². The van der Waals surface area contributed by atoms with Gasteiger partial charge >= 0.3 is 5.97 Å². The number of esters is 1. The van der Waals surface area contributed by atoms with Crippen LogP contribution in [0.4, 0.5) is 0 Å². The first-order valence-electron chi connectivity index (χ1n) is 7.41. The van der Waals surface area contributed by atoms with Gasteiger partial charge in [-0.05, 0) is 27.7 Å². The number of hydrogen-bond acceptors (Lipinski definition) is 6. The van der Waals surface area contributed by atoms with Crippen molar-refractivity contribution in [2.24, 2.45) is 0 Å². The zero-order valence-electron chi connectivity index (χ0n) is 14.0. The van der Waals surface area contributed by atoms with E-state index < -0.39 is 17.2 Å². The van der Waals surface area contributed by atoms with Crippen molar-refractivity contribution >= 4 is 11.8 Å². The van der Waals surface area contributed by atoms with Crippen LogP contribution in [0.1, 0.15) is 44.5 Å². The van der Waals surface area contributed by atoms with Gasteiger partial charge in [-0.2, -0.15) is 0 Å². The number of carbonyl (C=O) groups excluding carboxylic acids is 2. The molecule has 0 aliphatic rings. The molecule has 6 nitrogen and oxygen atoms in total. The lowest BCUT2D eigenvalue weighted by Crippen LogP contribution is -2.44. The predicted octanol–water partition coefficient (Wildman–Crippen LogP) is 2.30. The molecule has 128 valence electrons. The summed E-state index contributed by atoms with van der Waals surface area (Å²) >= 11 is 0. The summed E-state index contributed by atoms with van der Waals surface area (Å²) in [5.41, 5.74) is -1.79. The Kier molecular flexibility index (Phi) is 6.87. The van der Waals surface area contributed by atoms with Crippen molar-refractivity contribution in [3.63, 3.8) is 0 Å². The van der Waals surface area contributed by atoms with Gasteiger partial charge < -0.3 is 9.84 Å². The number of hydrogen-bond donors (Lipinski definition) is 1. The van der Waals surface area contributed by atoms with Gasteiger partial charge in [-0.25, -0.2) is 14.6 Å². The monoisotopic (exact) mass is 324 g/mol. The lowest BCUT2D eigenvalue weighted by molar-refractivity contribution is -0.392. The van der Waals surface area contributed by atoms with Crippen LogP contribution >= 0.6 is 0 Å². The quantitative estimate of drug-likeness (QED) is 0.342. The van der Waals surface area contributed by atoms with E-state index in [1.807, 2.05) is 0 Å². The summed E-state index contributed by atoms with van der Waals surface area (Å²) in [5.74, 6) is -1.04. The van der Waals surface area contributed by atoms with Gasteiger partial charge in [0, 0.05) is 5.56 Å². The molecule has 0 saturated heterocycles. The Hall–Kier alpha value is -1.76. The van der Waals surface area contributed by atoms with Crippen LogP contribution in [0.25, 0.3) is 0 Å². The zero-order chi connectivity index (χ0) is 17.5. The predicted molar refractivity (Wildman–Crippen MR) is 83.8 cm³/mol. The van der Waals surface area contributed by atoms with Crippen molar-refractivity contribution in [3.8, 4) is 0 Å².